The molecule has 0 spiro atoms. The molecule has 0 radical (unpaired) electrons. The van der Waals surface area contributed by atoms with Crippen LogP contribution >= 0.6 is 0 Å². The average Bonchev–Trinajstić information content (AvgIpc) is 1.90. The van der Waals surface area contributed by atoms with Crippen molar-refractivity contribution < 1.29 is 0 Å². The molecule has 0 aromatic carbocycles. The van der Waals surface area contributed by atoms with Crippen molar-refractivity contribution in [2.45, 2.75) is 26.3 Å². The van der Waals surface area contributed by atoms with Gasteiger partial charge in [0.15, 0.2) is 0 Å². The van der Waals surface area contributed by atoms with Gasteiger partial charge in [-0.15, -0.1) is 0 Å². The molecule has 0 amide bonds. The molecule has 0 aromatic rings. The zero-order chi connectivity index (χ0) is 7.98. The van der Waals surface area contributed by atoms with E-state index in [1.807, 2.05) is 6.92 Å². The minimum absolute atomic E-state index is 0.360. The van der Waals surface area contributed by atoms with Crippen LogP contribution in [0.15, 0.2) is 11.9 Å². The van der Waals surface area contributed by atoms with Gasteiger partial charge in [-0.05, 0) is 13.3 Å². The van der Waals surface area contributed by atoms with Crippen LogP contribution in [0.1, 0.15) is 20.3 Å². The number of hydrogen-bond donors (Lipinski definition) is 3. The summed E-state index contributed by atoms with van der Waals surface area (Å²) in [5.74, 6) is 0. The van der Waals surface area contributed by atoms with Gasteiger partial charge in [0.05, 0.1) is 0 Å². The van der Waals surface area contributed by atoms with Crippen LogP contribution in [0.4, 0.5) is 0 Å². The molecule has 3 nitrogen and oxygen atoms in total. The lowest BCUT2D eigenvalue weighted by atomic mass is 10.2. The number of allylic oxidation sites excluding steroid dienone is 1. The summed E-state index contributed by atoms with van der Waals surface area (Å²) in [4.78, 5) is 0. The highest BCUT2D eigenvalue weighted by atomic mass is 14.9. The van der Waals surface area contributed by atoms with E-state index in [0.717, 1.165) is 12.1 Å². The van der Waals surface area contributed by atoms with Gasteiger partial charge in [-0.3, -0.25) is 0 Å². The molecule has 0 aromatic heterocycles. The summed E-state index contributed by atoms with van der Waals surface area (Å²) in [6, 6.07) is 0.360. The van der Waals surface area contributed by atoms with E-state index in [4.69, 9.17) is 11.5 Å². The van der Waals surface area contributed by atoms with Crippen LogP contribution in [0.5, 0.6) is 0 Å². The number of nitrogens with one attached hydrogen (secondary N) is 1. The number of nitrogens with two attached hydrogens (primary N) is 2. The smallest absolute Gasteiger partial charge is 0.0376 e. The maximum Gasteiger partial charge on any atom is 0.0376 e. The molecular formula is C7H17N3. The molecule has 5 N–H and O–H groups in total. The molecule has 0 saturated heterocycles. The minimum Gasteiger partial charge on any atom is -0.401 e. The predicted molar refractivity (Wildman–Crippen MR) is 44.2 cm³/mol. The first-order valence-corrected chi connectivity index (χ1v) is 3.59. The summed E-state index contributed by atoms with van der Waals surface area (Å²) in [6.45, 7) is 4.58. The highest BCUT2D eigenvalue weighted by Gasteiger charge is 1.97. The lowest BCUT2D eigenvalue weighted by Crippen LogP contribution is -2.32. The standard InChI is InChI=1S/C7H17N3/c1-3-7(4-8)10-5-6(2)9/h5,7,10H,3-4,8-9H2,1-2H3/b6-5-. The molecule has 1 atom stereocenters. The second kappa shape index (κ2) is 5.11. The summed E-state index contributed by atoms with van der Waals surface area (Å²) in [5.41, 5.74) is 11.6. The highest BCUT2D eigenvalue weighted by molar-refractivity contribution is 4.91. The molecule has 10 heavy (non-hydrogen) atoms. The lowest BCUT2D eigenvalue weighted by molar-refractivity contribution is 0.575. The summed E-state index contributed by atoms with van der Waals surface area (Å²) in [7, 11) is 0. The van der Waals surface area contributed by atoms with Crippen molar-refractivity contribution in [3.05, 3.63) is 11.9 Å². The lowest BCUT2D eigenvalue weighted by Gasteiger charge is -2.11. The van der Waals surface area contributed by atoms with Crippen LogP contribution in [0, 0.1) is 0 Å². The molecule has 0 bridgehead atoms. The molecule has 0 aliphatic heterocycles. The van der Waals surface area contributed by atoms with E-state index in [0.29, 0.717) is 12.6 Å². The average molecular weight is 143 g/mol. The Balaban J connectivity index is 3.54. The molecule has 0 aliphatic carbocycles. The minimum atomic E-state index is 0.360. The van der Waals surface area contributed by atoms with Gasteiger partial charge in [-0.25, -0.2) is 0 Å². The zero-order valence-electron chi connectivity index (χ0n) is 6.72. The van der Waals surface area contributed by atoms with Crippen molar-refractivity contribution >= 4 is 0 Å². The zero-order valence-corrected chi connectivity index (χ0v) is 6.72. The van der Waals surface area contributed by atoms with Gasteiger partial charge in [0.25, 0.3) is 0 Å². The SMILES string of the molecule is CCC(CN)N/C=C(/C)N. The largest absolute Gasteiger partial charge is 0.401 e. The first-order chi connectivity index (χ1) is 4.70. The molecule has 0 saturated carbocycles. The van der Waals surface area contributed by atoms with Gasteiger partial charge in [0.2, 0.25) is 0 Å². The van der Waals surface area contributed by atoms with Crippen LogP contribution in [-0.4, -0.2) is 12.6 Å². The second-order valence-electron chi connectivity index (χ2n) is 2.40. The second-order valence-corrected chi connectivity index (χ2v) is 2.40. The van der Waals surface area contributed by atoms with Gasteiger partial charge in [-0.2, -0.15) is 0 Å². The first-order valence-electron chi connectivity index (χ1n) is 3.59. The van der Waals surface area contributed by atoms with Gasteiger partial charge in [0, 0.05) is 24.5 Å². The Hall–Kier alpha value is -0.700. The number of hydrogen-bond acceptors (Lipinski definition) is 3. The Morgan fingerprint density at radius 2 is 2.30 bits per heavy atom. The summed E-state index contributed by atoms with van der Waals surface area (Å²) in [6.07, 6.45) is 2.82. The summed E-state index contributed by atoms with van der Waals surface area (Å²) < 4.78 is 0. The summed E-state index contributed by atoms with van der Waals surface area (Å²) >= 11 is 0. The van der Waals surface area contributed by atoms with Gasteiger partial charge in [-0.1, -0.05) is 6.92 Å². The van der Waals surface area contributed by atoms with Crippen LogP contribution in [0.3, 0.4) is 0 Å². The van der Waals surface area contributed by atoms with Crippen molar-refractivity contribution in [2.75, 3.05) is 6.54 Å². The van der Waals surface area contributed by atoms with Crippen molar-refractivity contribution in [1.82, 2.24) is 5.32 Å². The third-order valence-electron chi connectivity index (χ3n) is 1.32. The van der Waals surface area contributed by atoms with E-state index in [2.05, 4.69) is 12.2 Å². The normalized spacial score (nSPS) is 14.9. The Kier molecular flexibility index (Phi) is 4.76. The third kappa shape index (κ3) is 4.21. The van der Waals surface area contributed by atoms with Crippen LogP contribution < -0.4 is 16.8 Å². The predicted octanol–water partition coefficient (Wildman–Crippen LogP) is 0.133. The van der Waals surface area contributed by atoms with Crippen molar-refractivity contribution in [2.24, 2.45) is 11.5 Å². The molecule has 0 rings (SSSR count). The Labute approximate surface area is 62.5 Å². The topological polar surface area (TPSA) is 64.1 Å². The summed E-state index contributed by atoms with van der Waals surface area (Å²) in [5, 5.41) is 3.11. The Bertz CT molecular complexity index is 101. The van der Waals surface area contributed by atoms with Gasteiger partial charge >= 0.3 is 0 Å². The van der Waals surface area contributed by atoms with E-state index in [9.17, 15) is 0 Å². The van der Waals surface area contributed by atoms with E-state index < -0.39 is 0 Å². The molecule has 0 fully saturated rings. The fourth-order valence-corrected chi connectivity index (χ4v) is 0.602. The molecule has 3 heteroatoms. The van der Waals surface area contributed by atoms with Gasteiger partial charge < -0.3 is 16.8 Å². The molecule has 60 valence electrons. The third-order valence-corrected chi connectivity index (χ3v) is 1.32. The number of rotatable bonds is 4. The quantitative estimate of drug-likeness (QED) is 0.524. The fourth-order valence-electron chi connectivity index (χ4n) is 0.602. The van der Waals surface area contributed by atoms with E-state index in [1.54, 1.807) is 6.20 Å². The van der Waals surface area contributed by atoms with E-state index in [-0.39, 0.29) is 0 Å². The van der Waals surface area contributed by atoms with Crippen molar-refractivity contribution in [3.8, 4) is 0 Å². The Morgan fingerprint density at radius 1 is 1.70 bits per heavy atom. The molecule has 1 unspecified atom stereocenters. The van der Waals surface area contributed by atoms with E-state index in [1.165, 1.54) is 0 Å². The molecular weight excluding hydrogens is 126 g/mol. The maximum atomic E-state index is 5.44. The van der Waals surface area contributed by atoms with E-state index >= 15 is 0 Å². The maximum absolute atomic E-state index is 5.44. The Morgan fingerprint density at radius 3 is 2.60 bits per heavy atom. The fraction of sp³-hybridized carbons (Fsp3) is 0.714. The van der Waals surface area contributed by atoms with Crippen molar-refractivity contribution in [1.29, 1.82) is 0 Å². The van der Waals surface area contributed by atoms with Crippen LogP contribution in [-0.2, 0) is 0 Å². The first kappa shape index (κ1) is 9.30. The van der Waals surface area contributed by atoms with Crippen LogP contribution in [0.2, 0.25) is 0 Å². The molecule has 0 heterocycles. The van der Waals surface area contributed by atoms with Gasteiger partial charge in [0.1, 0.15) is 0 Å². The molecule has 0 aliphatic rings. The monoisotopic (exact) mass is 143 g/mol. The highest BCUT2D eigenvalue weighted by Crippen LogP contribution is 1.87. The van der Waals surface area contributed by atoms with Crippen molar-refractivity contribution in [3.63, 3.8) is 0 Å². The van der Waals surface area contributed by atoms with Crippen LogP contribution in [0.25, 0.3) is 0 Å².